The summed E-state index contributed by atoms with van der Waals surface area (Å²) in [6.45, 7) is 0.0123. The molecule has 6 aromatic rings. The molecule has 0 radical (unpaired) electrons. The van der Waals surface area contributed by atoms with Gasteiger partial charge in [0.15, 0.2) is 6.20 Å². The van der Waals surface area contributed by atoms with Gasteiger partial charge in [-0.15, -0.1) is 0 Å². The number of hydrogen-bond acceptors (Lipinski definition) is 0. The van der Waals surface area contributed by atoms with Gasteiger partial charge >= 0.3 is 0 Å². The summed E-state index contributed by atoms with van der Waals surface area (Å²) in [5.74, 6) is 0. The van der Waals surface area contributed by atoms with Crippen molar-refractivity contribution in [1.29, 1.82) is 0 Å². The molecule has 6 rings (SSSR count). The second-order valence-electron chi connectivity index (χ2n) is 8.45. The van der Waals surface area contributed by atoms with Crippen molar-refractivity contribution in [2.75, 3.05) is 0 Å². The average molecular weight is 417 g/mol. The van der Waals surface area contributed by atoms with Crippen molar-refractivity contribution in [2.45, 2.75) is 13.8 Å². The zero-order valence-corrected chi connectivity index (χ0v) is 18.1. The fraction of sp³-hybridized carbons (Fsp3) is 0.100. The highest BCUT2D eigenvalue weighted by atomic mass is 15.0. The van der Waals surface area contributed by atoms with Crippen LogP contribution in [0.15, 0.2) is 97.2 Å². The predicted molar refractivity (Wildman–Crippen MR) is 134 cm³/mol. The summed E-state index contributed by atoms with van der Waals surface area (Å²) < 4.78 is 28.0. The molecule has 32 heavy (non-hydrogen) atoms. The molecule has 0 saturated carbocycles. The van der Waals surface area contributed by atoms with Gasteiger partial charge in [-0.3, -0.25) is 0 Å². The number of benzene rings is 4. The lowest BCUT2D eigenvalue weighted by Crippen LogP contribution is -2.30. The van der Waals surface area contributed by atoms with Crippen molar-refractivity contribution in [3.8, 4) is 16.9 Å². The van der Waals surface area contributed by atoms with Gasteiger partial charge in [0.1, 0.15) is 7.05 Å². The first-order valence-electron chi connectivity index (χ1n) is 12.4. The van der Waals surface area contributed by atoms with Crippen LogP contribution in [0.5, 0.6) is 0 Å². The van der Waals surface area contributed by atoms with Crippen LogP contribution in [0.2, 0.25) is 0 Å². The normalized spacial score (nSPS) is 13.4. The molecule has 0 amide bonds. The Morgan fingerprint density at radius 3 is 2.41 bits per heavy atom. The van der Waals surface area contributed by atoms with Crippen LogP contribution in [-0.2, 0) is 7.05 Å². The van der Waals surface area contributed by atoms with Gasteiger partial charge in [-0.25, -0.2) is 4.57 Å². The standard InChI is InChI=1S/C30H25N2/c1-20-13-15-25-22(17-20)14-16-27-30(25)26-19-31(3)28(24-12-8-7-9-21(24)2)18-29(26)32(27)23-10-5-4-6-11-23/h4-19H,1-3H3/q+1/i1D3. The molecule has 0 aliphatic rings. The van der Waals surface area contributed by atoms with Crippen molar-refractivity contribution in [3.63, 3.8) is 0 Å². The molecule has 0 N–H and O–H groups in total. The molecular weight excluding hydrogens is 388 g/mol. The first-order chi connectivity index (χ1) is 16.8. The number of para-hydroxylation sites is 1. The van der Waals surface area contributed by atoms with Crippen LogP contribution in [0, 0.1) is 13.8 Å². The van der Waals surface area contributed by atoms with Crippen LogP contribution in [-0.4, -0.2) is 4.57 Å². The van der Waals surface area contributed by atoms with E-state index in [0.717, 1.165) is 44.0 Å². The second kappa shape index (κ2) is 7.06. The van der Waals surface area contributed by atoms with E-state index in [1.54, 1.807) is 12.1 Å². The van der Waals surface area contributed by atoms with Crippen LogP contribution in [0.3, 0.4) is 0 Å². The van der Waals surface area contributed by atoms with Gasteiger partial charge in [0.2, 0.25) is 5.69 Å². The summed E-state index contributed by atoms with van der Waals surface area (Å²) in [7, 11) is 2.09. The van der Waals surface area contributed by atoms with Gasteiger partial charge in [0.05, 0.1) is 16.4 Å². The van der Waals surface area contributed by atoms with E-state index in [1.165, 1.54) is 11.1 Å². The van der Waals surface area contributed by atoms with Crippen LogP contribution in [0.4, 0.5) is 0 Å². The van der Waals surface area contributed by atoms with Crippen molar-refractivity contribution >= 4 is 32.6 Å². The zero-order valence-electron chi connectivity index (χ0n) is 21.1. The molecule has 0 aliphatic heterocycles. The molecule has 154 valence electrons. The molecule has 0 saturated heterocycles. The maximum Gasteiger partial charge on any atom is 0.214 e. The molecule has 0 fully saturated rings. The van der Waals surface area contributed by atoms with Crippen LogP contribution >= 0.6 is 0 Å². The highest BCUT2D eigenvalue weighted by molar-refractivity contribution is 6.21. The van der Waals surface area contributed by atoms with E-state index in [1.807, 2.05) is 18.2 Å². The number of aromatic nitrogens is 2. The first-order valence-corrected chi connectivity index (χ1v) is 10.9. The number of aryl methyl sites for hydroxylation is 3. The Labute approximate surface area is 192 Å². The Kier molecular flexibility index (Phi) is 3.49. The van der Waals surface area contributed by atoms with E-state index in [2.05, 4.69) is 90.0 Å². The topological polar surface area (TPSA) is 8.81 Å². The monoisotopic (exact) mass is 416 g/mol. The van der Waals surface area contributed by atoms with E-state index in [9.17, 15) is 0 Å². The number of nitrogens with zero attached hydrogens (tertiary/aromatic N) is 2. The molecule has 2 aromatic heterocycles. The van der Waals surface area contributed by atoms with E-state index in [-0.39, 0.29) is 0 Å². The quantitative estimate of drug-likeness (QED) is 0.268. The highest BCUT2D eigenvalue weighted by Crippen LogP contribution is 2.37. The van der Waals surface area contributed by atoms with Crippen molar-refractivity contribution < 1.29 is 8.68 Å². The van der Waals surface area contributed by atoms with Crippen molar-refractivity contribution in [1.82, 2.24) is 4.57 Å². The highest BCUT2D eigenvalue weighted by Gasteiger charge is 2.21. The Hall–Kier alpha value is -3.91. The molecule has 4 aromatic carbocycles. The number of rotatable bonds is 2. The summed E-state index contributed by atoms with van der Waals surface area (Å²) in [5.41, 5.74) is 7.25. The molecule has 0 atom stereocenters. The lowest BCUT2D eigenvalue weighted by molar-refractivity contribution is -0.659. The second-order valence-corrected chi connectivity index (χ2v) is 8.45. The maximum absolute atomic E-state index is 7.84. The molecule has 2 heterocycles. The van der Waals surface area contributed by atoms with Gasteiger partial charge in [0, 0.05) is 26.8 Å². The molecule has 0 aliphatic carbocycles. The summed E-state index contributed by atoms with van der Waals surface area (Å²) in [5, 5.41) is 4.25. The molecule has 0 spiro atoms. The fourth-order valence-corrected chi connectivity index (χ4v) is 4.92. The average Bonchev–Trinajstić information content (AvgIpc) is 3.17. The largest absolute Gasteiger partial charge is 0.309 e. The Bertz CT molecular complexity index is 1750. The minimum absolute atomic E-state index is 0.364. The summed E-state index contributed by atoms with van der Waals surface area (Å²) in [6.07, 6.45) is 2.20. The van der Waals surface area contributed by atoms with Crippen molar-refractivity contribution in [2.24, 2.45) is 7.05 Å². The molecule has 0 bridgehead atoms. The van der Waals surface area contributed by atoms with Crippen LogP contribution in [0.1, 0.15) is 15.2 Å². The van der Waals surface area contributed by atoms with Gasteiger partial charge < -0.3 is 4.57 Å². The Morgan fingerprint density at radius 2 is 1.59 bits per heavy atom. The Morgan fingerprint density at radius 1 is 0.781 bits per heavy atom. The SMILES string of the molecule is [2H]C([2H])([2H])c1ccc2c(ccc3c2c2c[n+](C)c(-c4ccccc4C)cc2n3-c2ccccc2)c1. The first kappa shape index (κ1) is 15.8. The van der Waals surface area contributed by atoms with Crippen LogP contribution < -0.4 is 4.57 Å². The molecule has 0 unspecified atom stereocenters. The fourth-order valence-electron chi connectivity index (χ4n) is 4.92. The third kappa shape index (κ3) is 2.76. The van der Waals surface area contributed by atoms with Gasteiger partial charge in [-0.2, -0.15) is 0 Å². The Balaban J connectivity index is 1.76. The summed E-state index contributed by atoms with van der Waals surface area (Å²) in [6, 6.07) is 30.8. The minimum atomic E-state index is -2.13. The van der Waals surface area contributed by atoms with E-state index in [4.69, 9.17) is 4.11 Å². The predicted octanol–water partition coefficient (Wildman–Crippen LogP) is 7.05. The third-order valence-electron chi connectivity index (χ3n) is 6.44. The number of pyridine rings is 1. The van der Waals surface area contributed by atoms with E-state index in [0.29, 0.717) is 5.56 Å². The third-order valence-corrected chi connectivity index (χ3v) is 6.44. The molecule has 2 heteroatoms. The van der Waals surface area contributed by atoms with Crippen LogP contribution in [0.25, 0.3) is 49.5 Å². The lowest BCUT2D eigenvalue weighted by Gasteiger charge is -2.09. The van der Waals surface area contributed by atoms with Gasteiger partial charge in [-0.05, 0) is 54.4 Å². The van der Waals surface area contributed by atoms with E-state index < -0.39 is 6.85 Å². The summed E-state index contributed by atoms with van der Waals surface area (Å²) in [4.78, 5) is 0. The van der Waals surface area contributed by atoms with Gasteiger partial charge in [-0.1, -0.05) is 66.2 Å². The maximum atomic E-state index is 7.84. The summed E-state index contributed by atoms with van der Waals surface area (Å²) >= 11 is 0. The van der Waals surface area contributed by atoms with E-state index >= 15 is 0 Å². The number of hydrogen-bond donors (Lipinski definition) is 0. The smallest absolute Gasteiger partial charge is 0.214 e. The van der Waals surface area contributed by atoms with Crippen molar-refractivity contribution in [3.05, 3.63) is 108 Å². The lowest BCUT2D eigenvalue weighted by atomic mass is 10.0. The molecular formula is C30H25N2+. The zero-order chi connectivity index (χ0) is 24.3. The minimum Gasteiger partial charge on any atom is -0.309 e. The van der Waals surface area contributed by atoms with Gasteiger partial charge in [0.25, 0.3) is 0 Å². The number of fused-ring (bicyclic) bond motifs is 5. The molecule has 2 nitrogen and oxygen atoms in total.